The fourth-order valence-electron chi connectivity index (χ4n) is 2.79. The summed E-state index contributed by atoms with van der Waals surface area (Å²) in [4.78, 5) is 8.38. The first-order valence-corrected chi connectivity index (χ1v) is 6.77. The number of hydrogen-bond acceptors (Lipinski definition) is 4. The Hall–Kier alpha value is -0.610. The lowest BCUT2D eigenvalue weighted by Crippen LogP contribution is -2.34. The van der Waals surface area contributed by atoms with Crippen LogP contribution in [0.25, 0.3) is 0 Å². The Bertz CT molecular complexity index is 381. The van der Waals surface area contributed by atoms with Gasteiger partial charge in [-0.3, -0.25) is 0 Å². The fraction of sp³-hybridized carbons (Fsp3) is 0.667. The van der Waals surface area contributed by atoms with Crippen LogP contribution in [0.4, 0.5) is 0 Å². The second kappa shape index (κ2) is 3.70. The molecule has 86 valence electrons. The average molecular weight is 236 g/mol. The molecule has 0 spiro atoms. The minimum Gasteiger partial charge on any atom is -0.385 e. The van der Waals surface area contributed by atoms with Gasteiger partial charge in [0.25, 0.3) is 0 Å². The monoisotopic (exact) mass is 236 g/mol. The molecule has 2 unspecified atom stereocenters. The van der Waals surface area contributed by atoms with Gasteiger partial charge in [-0.25, -0.2) is 9.97 Å². The van der Waals surface area contributed by atoms with Crippen molar-refractivity contribution >= 4 is 11.8 Å². The van der Waals surface area contributed by atoms with Crippen LogP contribution in [-0.2, 0) is 5.60 Å². The van der Waals surface area contributed by atoms with Gasteiger partial charge in [0.05, 0.1) is 5.60 Å². The summed E-state index contributed by atoms with van der Waals surface area (Å²) in [6.07, 6.45) is 7.81. The number of rotatable bonds is 1. The van der Waals surface area contributed by atoms with Gasteiger partial charge < -0.3 is 5.11 Å². The molecule has 2 aliphatic heterocycles. The van der Waals surface area contributed by atoms with Gasteiger partial charge in [-0.15, -0.1) is 0 Å². The Morgan fingerprint density at radius 1 is 1.25 bits per heavy atom. The second-order valence-electron chi connectivity index (χ2n) is 4.92. The zero-order valence-electron chi connectivity index (χ0n) is 9.39. The van der Waals surface area contributed by atoms with E-state index in [0.29, 0.717) is 10.5 Å². The van der Waals surface area contributed by atoms with Crippen LogP contribution < -0.4 is 0 Å². The van der Waals surface area contributed by atoms with Crippen LogP contribution in [0.3, 0.4) is 0 Å². The first-order valence-electron chi connectivity index (χ1n) is 5.83. The van der Waals surface area contributed by atoms with Crippen LogP contribution in [0.1, 0.15) is 37.1 Å². The molecule has 0 amide bonds. The molecule has 3 rings (SSSR count). The highest BCUT2D eigenvalue weighted by atomic mass is 32.2. The summed E-state index contributed by atoms with van der Waals surface area (Å²) in [5, 5.41) is 12.0. The Morgan fingerprint density at radius 3 is 2.38 bits per heavy atom. The van der Waals surface area contributed by atoms with Gasteiger partial charge >= 0.3 is 0 Å². The highest BCUT2D eigenvalue weighted by molar-refractivity contribution is 8.00. The maximum atomic E-state index is 10.7. The third-order valence-corrected chi connectivity index (χ3v) is 5.22. The molecule has 0 saturated carbocycles. The van der Waals surface area contributed by atoms with Crippen LogP contribution in [0, 0.1) is 6.92 Å². The Kier molecular flexibility index (Phi) is 2.44. The maximum Gasteiger partial charge on any atom is 0.125 e. The normalized spacial score (nSPS) is 37.6. The minimum atomic E-state index is -0.676. The van der Waals surface area contributed by atoms with Gasteiger partial charge in [0.1, 0.15) is 5.82 Å². The molecule has 0 radical (unpaired) electrons. The van der Waals surface area contributed by atoms with E-state index >= 15 is 0 Å². The molecule has 2 bridgehead atoms. The third-order valence-electron chi connectivity index (χ3n) is 3.64. The van der Waals surface area contributed by atoms with E-state index in [4.69, 9.17) is 0 Å². The van der Waals surface area contributed by atoms with Crippen molar-refractivity contribution in [1.82, 2.24) is 9.97 Å². The molecule has 1 N–H and O–H groups in total. The Morgan fingerprint density at radius 2 is 1.81 bits per heavy atom. The predicted octanol–water partition coefficient (Wildman–Crippen LogP) is 2.03. The number of hydrogen-bond donors (Lipinski definition) is 1. The summed E-state index contributed by atoms with van der Waals surface area (Å²) < 4.78 is 0. The summed E-state index contributed by atoms with van der Waals surface area (Å²) in [5.74, 6) is 0.764. The molecule has 2 aliphatic rings. The molecule has 2 atom stereocenters. The molecule has 0 aliphatic carbocycles. The topological polar surface area (TPSA) is 46.0 Å². The molecule has 3 nitrogen and oxygen atoms in total. The molecule has 0 aromatic carbocycles. The average Bonchev–Trinajstić information content (AvgIpc) is 2.59. The van der Waals surface area contributed by atoms with E-state index in [0.717, 1.165) is 24.2 Å². The molecule has 1 aromatic heterocycles. The van der Waals surface area contributed by atoms with Crippen molar-refractivity contribution in [3.8, 4) is 0 Å². The van der Waals surface area contributed by atoms with E-state index in [1.807, 2.05) is 6.92 Å². The van der Waals surface area contributed by atoms with E-state index in [-0.39, 0.29) is 0 Å². The van der Waals surface area contributed by atoms with E-state index in [2.05, 4.69) is 21.7 Å². The van der Waals surface area contributed by atoms with Crippen molar-refractivity contribution in [1.29, 1.82) is 0 Å². The molecular formula is C12H16N2OS. The SMILES string of the molecule is Cc1ncc(C2(O)CC3CCC(C2)S3)cn1. The van der Waals surface area contributed by atoms with Crippen molar-refractivity contribution in [2.24, 2.45) is 0 Å². The number of aromatic nitrogens is 2. The Labute approximate surface area is 99.7 Å². The lowest BCUT2D eigenvalue weighted by molar-refractivity contribution is 0.0189. The minimum absolute atomic E-state index is 0.630. The molecule has 3 heterocycles. The van der Waals surface area contributed by atoms with Gasteiger partial charge in [0.2, 0.25) is 0 Å². The first-order chi connectivity index (χ1) is 7.66. The molecule has 4 heteroatoms. The summed E-state index contributed by atoms with van der Waals surface area (Å²) in [6.45, 7) is 1.87. The van der Waals surface area contributed by atoms with E-state index in [1.54, 1.807) is 12.4 Å². The van der Waals surface area contributed by atoms with Crippen LogP contribution in [0.2, 0.25) is 0 Å². The maximum absolute atomic E-state index is 10.7. The van der Waals surface area contributed by atoms with Crippen molar-refractivity contribution in [3.63, 3.8) is 0 Å². The van der Waals surface area contributed by atoms with Gasteiger partial charge in [-0.05, 0) is 32.6 Å². The predicted molar refractivity (Wildman–Crippen MR) is 64.3 cm³/mol. The molecule has 2 saturated heterocycles. The molecule has 2 fully saturated rings. The van der Waals surface area contributed by atoms with Crippen molar-refractivity contribution in [3.05, 3.63) is 23.8 Å². The number of aliphatic hydroxyl groups is 1. The molecular weight excluding hydrogens is 220 g/mol. The lowest BCUT2D eigenvalue weighted by atomic mass is 9.88. The van der Waals surface area contributed by atoms with E-state index < -0.39 is 5.60 Å². The third kappa shape index (κ3) is 1.74. The van der Waals surface area contributed by atoms with Crippen LogP contribution >= 0.6 is 11.8 Å². The second-order valence-corrected chi connectivity index (χ2v) is 6.52. The van der Waals surface area contributed by atoms with Crippen LogP contribution in [0.15, 0.2) is 12.4 Å². The smallest absolute Gasteiger partial charge is 0.125 e. The summed E-state index contributed by atoms with van der Waals surface area (Å²) in [7, 11) is 0. The number of aryl methyl sites for hydroxylation is 1. The van der Waals surface area contributed by atoms with Gasteiger partial charge in [0, 0.05) is 28.5 Å². The standard InChI is InChI=1S/C12H16N2OS/c1-8-13-6-9(7-14-8)12(15)4-10-2-3-11(5-12)16-10/h6-7,10-11,15H,2-5H2,1H3. The molecule has 16 heavy (non-hydrogen) atoms. The first kappa shape index (κ1) is 10.5. The summed E-state index contributed by atoms with van der Waals surface area (Å²) in [6, 6.07) is 0. The van der Waals surface area contributed by atoms with E-state index in [1.165, 1.54) is 12.8 Å². The largest absolute Gasteiger partial charge is 0.385 e. The van der Waals surface area contributed by atoms with Crippen molar-refractivity contribution in [2.45, 2.75) is 48.7 Å². The van der Waals surface area contributed by atoms with Crippen LogP contribution in [0.5, 0.6) is 0 Å². The lowest BCUT2D eigenvalue weighted by Gasteiger charge is -2.35. The highest BCUT2D eigenvalue weighted by Crippen LogP contribution is 2.50. The zero-order chi connectivity index (χ0) is 11.2. The summed E-state index contributed by atoms with van der Waals surface area (Å²) >= 11 is 2.05. The van der Waals surface area contributed by atoms with Gasteiger partial charge in [0.15, 0.2) is 0 Å². The van der Waals surface area contributed by atoms with Gasteiger partial charge in [-0.2, -0.15) is 11.8 Å². The highest BCUT2D eigenvalue weighted by Gasteiger charge is 2.44. The molecule has 1 aromatic rings. The Balaban J connectivity index is 1.90. The van der Waals surface area contributed by atoms with Crippen LogP contribution in [-0.4, -0.2) is 25.6 Å². The van der Waals surface area contributed by atoms with E-state index in [9.17, 15) is 5.11 Å². The van der Waals surface area contributed by atoms with Gasteiger partial charge in [-0.1, -0.05) is 0 Å². The number of nitrogens with zero attached hydrogens (tertiary/aromatic N) is 2. The fourth-order valence-corrected chi connectivity index (χ4v) is 4.62. The number of thioether (sulfide) groups is 1. The quantitative estimate of drug-likeness (QED) is 0.810. The number of fused-ring (bicyclic) bond motifs is 2. The van der Waals surface area contributed by atoms with Crippen molar-refractivity contribution < 1.29 is 5.11 Å². The zero-order valence-corrected chi connectivity index (χ0v) is 10.2. The summed E-state index contributed by atoms with van der Waals surface area (Å²) in [5.41, 5.74) is 0.223. The van der Waals surface area contributed by atoms with Crippen molar-refractivity contribution in [2.75, 3.05) is 0 Å².